The van der Waals surface area contributed by atoms with Gasteiger partial charge in [-0.05, 0) is 61.7 Å². The van der Waals surface area contributed by atoms with Crippen molar-refractivity contribution >= 4 is 12.2 Å². The quantitative estimate of drug-likeness (QED) is 0.395. The van der Waals surface area contributed by atoms with Gasteiger partial charge in [-0.25, -0.2) is 0 Å². The topological polar surface area (TPSA) is 70.6 Å². The van der Waals surface area contributed by atoms with E-state index in [2.05, 4.69) is 72.2 Å². The van der Waals surface area contributed by atoms with Gasteiger partial charge >= 0.3 is 0 Å². The maximum atomic E-state index is 8.36. The summed E-state index contributed by atoms with van der Waals surface area (Å²) in [5, 5.41) is 14.0. The lowest BCUT2D eigenvalue weighted by Crippen LogP contribution is -2.29. The third-order valence-electron chi connectivity index (χ3n) is 5.04. The number of hydrogen-bond donors (Lipinski definition) is 3. The SMILES string of the molecule is CC.Cc1ccc(Oc2cc(-c3ccccc3)ccc2NC[C@@H]2CCCN2)cc1.O=CO. The molecule has 3 N–H and O–H groups in total. The van der Waals surface area contributed by atoms with Gasteiger partial charge in [-0.3, -0.25) is 4.79 Å². The van der Waals surface area contributed by atoms with Crippen LogP contribution in [-0.4, -0.2) is 30.7 Å². The standard InChI is InChI=1S/C24H26N2O.C2H6.CH2O2/c1-18-9-12-22(13-10-18)27-24-16-20(19-6-3-2-4-7-19)11-14-23(24)26-17-21-8-5-15-25-21;1-2;2-1-3/h2-4,6-7,9-14,16,21,25-26H,5,8,15,17H2,1H3;1-2H3;1H,(H,2,3)/t21-;;/m0../s1. The van der Waals surface area contributed by atoms with Gasteiger partial charge in [0.05, 0.1) is 5.69 Å². The van der Waals surface area contributed by atoms with E-state index in [1.165, 1.54) is 24.0 Å². The lowest BCUT2D eigenvalue weighted by Gasteiger charge is -2.17. The molecule has 1 fully saturated rings. The summed E-state index contributed by atoms with van der Waals surface area (Å²) in [5.41, 5.74) is 4.60. The van der Waals surface area contributed by atoms with Crippen LogP contribution in [0.25, 0.3) is 11.1 Å². The Hall–Kier alpha value is -3.31. The first-order valence-electron chi connectivity index (χ1n) is 11.2. The van der Waals surface area contributed by atoms with Crippen LogP contribution in [0, 0.1) is 6.92 Å². The normalized spacial score (nSPS) is 14.3. The van der Waals surface area contributed by atoms with Crippen LogP contribution >= 0.6 is 0 Å². The zero-order chi connectivity index (χ0) is 23.2. The Bertz CT molecular complexity index is 921. The molecule has 5 nitrogen and oxygen atoms in total. The molecule has 0 spiro atoms. The highest BCUT2D eigenvalue weighted by Crippen LogP contribution is 2.34. The van der Waals surface area contributed by atoms with Gasteiger partial charge in [0, 0.05) is 12.6 Å². The fourth-order valence-electron chi connectivity index (χ4n) is 3.46. The number of aryl methyl sites for hydroxylation is 1. The van der Waals surface area contributed by atoms with Crippen molar-refractivity contribution in [3.05, 3.63) is 78.4 Å². The van der Waals surface area contributed by atoms with Gasteiger partial charge in [-0.2, -0.15) is 0 Å². The fourth-order valence-corrected chi connectivity index (χ4v) is 3.46. The van der Waals surface area contributed by atoms with Crippen molar-refractivity contribution in [3.63, 3.8) is 0 Å². The summed E-state index contributed by atoms with van der Waals surface area (Å²) in [6.45, 7) is 7.86. The van der Waals surface area contributed by atoms with E-state index >= 15 is 0 Å². The van der Waals surface area contributed by atoms with Gasteiger partial charge in [0.15, 0.2) is 5.75 Å². The van der Waals surface area contributed by atoms with E-state index in [0.717, 1.165) is 35.8 Å². The molecule has 170 valence electrons. The minimum atomic E-state index is -0.250. The summed E-state index contributed by atoms with van der Waals surface area (Å²) in [6.07, 6.45) is 2.48. The Kier molecular flexibility index (Phi) is 10.8. The van der Waals surface area contributed by atoms with Crippen LogP contribution in [-0.2, 0) is 4.79 Å². The predicted molar refractivity (Wildman–Crippen MR) is 133 cm³/mol. The minimum Gasteiger partial charge on any atom is -0.483 e. The molecule has 0 aromatic heterocycles. The molecule has 1 aliphatic heterocycles. The summed E-state index contributed by atoms with van der Waals surface area (Å²) in [4.78, 5) is 8.36. The van der Waals surface area contributed by atoms with E-state index < -0.39 is 0 Å². The number of anilines is 1. The molecule has 0 aliphatic carbocycles. The number of ether oxygens (including phenoxy) is 1. The molecule has 3 aromatic carbocycles. The summed E-state index contributed by atoms with van der Waals surface area (Å²) in [5.74, 6) is 1.71. The van der Waals surface area contributed by atoms with Gasteiger partial charge in [0.2, 0.25) is 0 Å². The Morgan fingerprint density at radius 2 is 1.72 bits per heavy atom. The lowest BCUT2D eigenvalue weighted by molar-refractivity contribution is -0.122. The van der Waals surface area contributed by atoms with E-state index in [9.17, 15) is 0 Å². The Morgan fingerprint density at radius 1 is 1.03 bits per heavy atom. The molecule has 0 bridgehead atoms. The molecule has 0 unspecified atom stereocenters. The van der Waals surface area contributed by atoms with Gasteiger partial charge in [-0.1, -0.05) is 67.9 Å². The number of benzene rings is 3. The van der Waals surface area contributed by atoms with Crippen molar-refractivity contribution in [1.82, 2.24) is 5.32 Å². The maximum absolute atomic E-state index is 8.36. The molecule has 0 radical (unpaired) electrons. The average molecular weight is 435 g/mol. The van der Waals surface area contributed by atoms with Crippen molar-refractivity contribution in [1.29, 1.82) is 0 Å². The fraction of sp³-hybridized carbons (Fsp3) is 0.296. The van der Waals surface area contributed by atoms with Crippen LogP contribution < -0.4 is 15.4 Å². The van der Waals surface area contributed by atoms with Crippen LogP contribution in [0.4, 0.5) is 5.69 Å². The maximum Gasteiger partial charge on any atom is 0.290 e. The molecule has 1 aliphatic rings. The van der Waals surface area contributed by atoms with Gasteiger partial charge < -0.3 is 20.5 Å². The number of carboxylic acid groups (broad SMARTS) is 1. The van der Waals surface area contributed by atoms with Crippen LogP contribution in [0.1, 0.15) is 32.3 Å². The van der Waals surface area contributed by atoms with E-state index in [-0.39, 0.29) is 6.47 Å². The first-order chi connectivity index (χ1) is 15.7. The first-order valence-corrected chi connectivity index (χ1v) is 11.2. The van der Waals surface area contributed by atoms with Gasteiger partial charge in [0.25, 0.3) is 6.47 Å². The highest BCUT2D eigenvalue weighted by atomic mass is 16.5. The average Bonchev–Trinajstić information content (AvgIpc) is 3.36. The van der Waals surface area contributed by atoms with Gasteiger partial charge in [-0.15, -0.1) is 0 Å². The van der Waals surface area contributed by atoms with Crippen LogP contribution in [0.2, 0.25) is 0 Å². The van der Waals surface area contributed by atoms with E-state index in [0.29, 0.717) is 6.04 Å². The molecule has 3 aromatic rings. The second-order valence-electron chi connectivity index (χ2n) is 7.27. The molecule has 0 saturated carbocycles. The highest BCUT2D eigenvalue weighted by Gasteiger charge is 2.15. The lowest BCUT2D eigenvalue weighted by atomic mass is 10.0. The number of hydrogen-bond acceptors (Lipinski definition) is 4. The molecule has 5 heteroatoms. The molecule has 1 heterocycles. The molecule has 4 rings (SSSR count). The summed E-state index contributed by atoms with van der Waals surface area (Å²) in [7, 11) is 0. The van der Waals surface area contributed by atoms with Crippen molar-refractivity contribution in [3.8, 4) is 22.6 Å². The third-order valence-corrected chi connectivity index (χ3v) is 5.04. The second kappa shape index (κ2) is 13.9. The van der Waals surface area contributed by atoms with Crippen molar-refractivity contribution in [2.45, 2.75) is 39.7 Å². The zero-order valence-corrected chi connectivity index (χ0v) is 19.2. The number of carbonyl (C=O) groups is 1. The summed E-state index contributed by atoms with van der Waals surface area (Å²) < 4.78 is 6.26. The van der Waals surface area contributed by atoms with Crippen LogP contribution in [0.3, 0.4) is 0 Å². The first kappa shape index (κ1) is 25.0. The molecular formula is C27H34N2O3. The zero-order valence-electron chi connectivity index (χ0n) is 19.2. The molecule has 1 atom stereocenters. The predicted octanol–water partition coefficient (Wildman–Crippen LogP) is 6.35. The van der Waals surface area contributed by atoms with Crippen LogP contribution in [0.15, 0.2) is 72.8 Å². The highest BCUT2D eigenvalue weighted by molar-refractivity contribution is 5.71. The Balaban J connectivity index is 0.000000671. The summed E-state index contributed by atoms with van der Waals surface area (Å²) >= 11 is 0. The van der Waals surface area contributed by atoms with Gasteiger partial charge in [0.1, 0.15) is 5.75 Å². The largest absolute Gasteiger partial charge is 0.483 e. The molecule has 1 saturated heterocycles. The molecular weight excluding hydrogens is 400 g/mol. The smallest absolute Gasteiger partial charge is 0.290 e. The van der Waals surface area contributed by atoms with Crippen molar-refractivity contribution < 1.29 is 14.6 Å². The van der Waals surface area contributed by atoms with Crippen LogP contribution in [0.5, 0.6) is 11.5 Å². The van der Waals surface area contributed by atoms with E-state index in [1.54, 1.807) is 0 Å². The number of nitrogens with one attached hydrogen (secondary N) is 2. The Morgan fingerprint density at radius 3 is 2.34 bits per heavy atom. The molecule has 32 heavy (non-hydrogen) atoms. The van der Waals surface area contributed by atoms with E-state index in [1.807, 2.05) is 32.0 Å². The third kappa shape index (κ3) is 7.75. The van der Waals surface area contributed by atoms with Crippen molar-refractivity contribution in [2.24, 2.45) is 0 Å². The monoisotopic (exact) mass is 434 g/mol. The van der Waals surface area contributed by atoms with Crippen molar-refractivity contribution in [2.75, 3.05) is 18.4 Å². The Labute approximate surface area is 191 Å². The minimum absolute atomic E-state index is 0.250. The summed E-state index contributed by atoms with van der Waals surface area (Å²) in [6, 6.07) is 25.5. The molecule has 0 amide bonds. The van der Waals surface area contributed by atoms with E-state index in [4.69, 9.17) is 14.6 Å². The second-order valence-corrected chi connectivity index (χ2v) is 7.27. The number of rotatable bonds is 6.